The van der Waals surface area contributed by atoms with Crippen LogP contribution in [0.1, 0.15) is 28.8 Å². The monoisotopic (exact) mass is 452 g/mol. The number of hydrogen-bond donors (Lipinski definition) is 1. The van der Waals surface area contributed by atoms with Gasteiger partial charge in [-0.05, 0) is 37.1 Å². The number of anilines is 1. The van der Waals surface area contributed by atoms with Gasteiger partial charge in [0, 0.05) is 7.05 Å². The van der Waals surface area contributed by atoms with Crippen molar-refractivity contribution >= 4 is 17.6 Å². The summed E-state index contributed by atoms with van der Waals surface area (Å²) in [5, 5.41) is 6.37. The molecule has 4 rings (SSSR count). The molecule has 0 aromatic carbocycles. The number of halogens is 2. The third-order valence-corrected chi connectivity index (χ3v) is 4.78. The number of aromatic nitrogens is 4. The molecule has 0 aliphatic carbocycles. The molecule has 0 saturated heterocycles. The highest BCUT2D eigenvalue weighted by Gasteiger charge is 2.33. The Morgan fingerprint density at radius 1 is 1.27 bits per heavy atom. The molecule has 0 radical (unpaired) electrons. The molecule has 3 aromatic rings. The number of rotatable bonds is 4. The van der Waals surface area contributed by atoms with E-state index in [1.807, 2.05) is 0 Å². The lowest BCUT2D eigenvalue weighted by molar-refractivity contribution is -0.120. The highest BCUT2D eigenvalue weighted by molar-refractivity contribution is 6.02. The normalized spacial score (nSPS) is 15.1. The fraction of sp³-hybridized carbons (Fsp3) is 0.227. The minimum Gasteiger partial charge on any atom is -0.487 e. The van der Waals surface area contributed by atoms with Crippen molar-refractivity contribution in [1.82, 2.24) is 25.1 Å². The van der Waals surface area contributed by atoms with E-state index in [0.29, 0.717) is 17.1 Å². The highest BCUT2D eigenvalue weighted by atomic mass is 19.1. The van der Waals surface area contributed by atoms with E-state index < -0.39 is 35.3 Å². The fourth-order valence-electron chi connectivity index (χ4n) is 3.24. The minimum absolute atomic E-state index is 0.0415. The van der Waals surface area contributed by atoms with Crippen LogP contribution in [0.2, 0.25) is 0 Å². The minimum atomic E-state index is -1.10. The first-order valence-electron chi connectivity index (χ1n) is 9.85. The number of amides is 2. The maximum Gasteiger partial charge on any atom is 0.275 e. The summed E-state index contributed by atoms with van der Waals surface area (Å²) in [5.41, 5.74) is 0.250. The van der Waals surface area contributed by atoms with Crippen molar-refractivity contribution in [3.05, 3.63) is 65.4 Å². The number of hydrogen-bond acceptors (Lipinski definition) is 6. The van der Waals surface area contributed by atoms with Gasteiger partial charge in [-0.2, -0.15) is 9.49 Å². The molecule has 0 unspecified atom stereocenters. The van der Waals surface area contributed by atoms with Crippen LogP contribution in [-0.4, -0.2) is 51.3 Å². The highest BCUT2D eigenvalue weighted by Crippen LogP contribution is 2.28. The maximum absolute atomic E-state index is 14.4. The average molecular weight is 452 g/mol. The first-order valence-corrected chi connectivity index (χ1v) is 9.85. The number of nitrogens with one attached hydrogen (secondary N) is 1. The summed E-state index contributed by atoms with van der Waals surface area (Å²) in [5.74, 6) is 3.17. The van der Waals surface area contributed by atoms with Gasteiger partial charge in [-0.1, -0.05) is 12.0 Å². The zero-order valence-corrected chi connectivity index (χ0v) is 17.7. The number of ether oxygens (including phenoxy) is 1. The molecule has 168 valence electrons. The van der Waals surface area contributed by atoms with E-state index in [2.05, 4.69) is 32.2 Å². The van der Waals surface area contributed by atoms with Crippen LogP contribution >= 0.6 is 0 Å². The van der Waals surface area contributed by atoms with Crippen LogP contribution < -0.4 is 15.0 Å². The lowest BCUT2D eigenvalue weighted by Gasteiger charge is -2.19. The number of carbonyl (C=O) groups excluding carboxylic acids is 2. The molecular weight excluding hydrogens is 434 g/mol. The van der Waals surface area contributed by atoms with Crippen LogP contribution in [0.4, 0.5) is 14.6 Å². The van der Waals surface area contributed by atoms with Gasteiger partial charge in [-0.15, -0.1) is 0 Å². The molecule has 0 fully saturated rings. The van der Waals surface area contributed by atoms with Crippen molar-refractivity contribution in [2.24, 2.45) is 0 Å². The number of likely N-dealkylation sites (N-methyl/N-ethyl adjacent to an activating group) is 1. The molecular formula is C22H18F2N6O3. The summed E-state index contributed by atoms with van der Waals surface area (Å²) in [6.45, 7) is 1.44. The van der Waals surface area contributed by atoms with Gasteiger partial charge >= 0.3 is 0 Å². The van der Waals surface area contributed by atoms with Gasteiger partial charge in [-0.3, -0.25) is 19.2 Å². The van der Waals surface area contributed by atoms with E-state index in [1.165, 1.54) is 24.1 Å². The predicted molar refractivity (Wildman–Crippen MR) is 112 cm³/mol. The number of carbonyl (C=O) groups is 2. The van der Waals surface area contributed by atoms with Crippen molar-refractivity contribution in [2.45, 2.75) is 19.5 Å². The molecule has 3 aromatic heterocycles. The third kappa shape index (κ3) is 4.64. The van der Waals surface area contributed by atoms with E-state index in [1.54, 1.807) is 25.1 Å². The van der Waals surface area contributed by atoms with Gasteiger partial charge in [0.05, 0.1) is 18.4 Å². The largest absolute Gasteiger partial charge is 0.487 e. The van der Waals surface area contributed by atoms with Crippen LogP contribution in [0.15, 0.2) is 36.5 Å². The molecule has 1 aliphatic rings. The zero-order chi connectivity index (χ0) is 23.5. The maximum atomic E-state index is 14.4. The van der Waals surface area contributed by atoms with Gasteiger partial charge < -0.3 is 10.1 Å². The average Bonchev–Trinajstić information content (AvgIpc) is 3.11. The zero-order valence-electron chi connectivity index (χ0n) is 17.7. The summed E-state index contributed by atoms with van der Waals surface area (Å²) in [6, 6.07) is 6.37. The second-order valence-corrected chi connectivity index (χ2v) is 7.10. The predicted octanol–water partition coefficient (Wildman–Crippen LogP) is 1.52. The van der Waals surface area contributed by atoms with Crippen molar-refractivity contribution in [2.75, 3.05) is 18.6 Å². The number of fused-ring (bicyclic) bond motifs is 1. The van der Waals surface area contributed by atoms with E-state index >= 15 is 0 Å². The lowest BCUT2D eigenvalue weighted by Crippen LogP contribution is -2.49. The molecule has 9 nitrogen and oxygen atoms in total. The smallest absolute Gasteiger partial charge is 0.275 e. The topological polar surface area (TPSA) is 102 Å². The molecule has 2 amide bonds. The molecule has 1 N–H and O–H groups in total. The molecule has 0 bridgehead atoms. The summed E-state index contributed by atoms with van der Waals surface area (Å²) < 4.78 is 34.4. The Balaban J connectivity index is 1.50. The summed E-state index contributed by atoms with van der Waals surface area (Å²) in [4.78, 5) is 34.8. The molecule has 1 aliphatic heterocycles. The van der Waals surface area contributed by atoms with Crippen molar-refractivity contribution < 1.29 is 23.1 Å². The molecule has 1 atom stereocenters. The van der Waals surface area contributed by atoms with Crippen LogP contribution in [0.5, 0.6) is 5.75 Å². The van der Waals surface area contributed by atoms with Crippen LogP contribution in [0.3, 0.4) is 0 Å². The molecule has 33 heavy (non-hydrogen) atoms. The molecule has 4 heterocycles. The Morgan fingerprint density at radius 2 is 2.09 bits per heavy atom. The van der Waals surface area contributed by atoms with E-state index in [9.17, 15) is 18.4 Å². The van der Waals surface area contributed by atoms with E-state index in [0.717, 1.165) is 10.9 Å². The first-order chi connectivity index (χ1) is 15.9. The Morgan fingerprint density at radius 3 is 2.85 bits per heavy atom. The van der Waals surface area contributed by atoms with Crippen molar-refractivity contribution in [3.63, 3.8) is 0 Å². The van der Waals surface area contributed by atoms with Crippen LogP contribution in [0.25, 0.3) is 0 Å². The quantitative estimate of drug-likeness (QED) is 0.476. The second kappa shape index (κ2) is 9.04. The van der Waals surface area contributed by atoms with Gasteiger partial charge in [-0.25, -0.2) is 14.4 Å². The summed E-state index contributed by atoms with van der Waals surface area (Å²) in [7, 11) is 1.49. The Hall–Kier alpha value is -4.33. The SMILES string of the molecule is CC#Cc1ccc2c(n1)N(C)C(=O)[C@@H](NC(=O)c1nn(Cc3cccc(F)n3)cc1F)CO2. The lowest BCUT2D eigenvalue weighted by atomic mass is 10.2. The fourth-order valence-corrected chi connectivity index (χ4v) is 3.24. The Labute approximate surface area is 187 Å². The molecule has 0 saturated carbocycles. The first kappa shape index (κ1) is 21.9. The van der Waals surface area contributed by atoms with Gasteiger partial charge in [0.25, 0.3) is 11.8 Å². The Bertz CT molecular complexity index is 1300. The van der Waals surface area contributed by atoms with Crippen LogP contribution in [0, 0.1) is 23.6 Å². The van der Waals surface area contributed by atoms with Crippen LogP contribution in [-0.2, 0) is 11.3 Å². The second-order valence-electron chi connectivity index (χ2n) is 7.10. The van der Waals surface area contributed by atoms with E-state index in [-0.39, 0.29) is 19.0 Å². The van der Waals surface area contributed by atoms with Crippen molar-refractivity contribution in [1.29, 1.82) is 0 Å². The summed E-state index contributed by atoms with van der Waals surface area (Å²) >= 11 is 0. The van der Waals surface area contributed by atoms with E-state index in [4.69, 9.17) is 4.74 Å². The van der Waals surface area contributed by atoms with Gasteiger partial charge in [0.2, 0.25) is 5.95 Å². The summed E-state index contributed by atoms with van der Waals surface area (Å²) in [6.07, 6.45) is 0.995. The standard InChI is InChI=1S/C22H18F2N6O3/c1-3-5-13-8-9-17-20(26-13)29(2)22(32)16(12-33-17)27-21(31)19-15(23)11-30(28-19)10-14-6-4-7-18(24)25-14/h4,6-9,11,16H,10,12H2,1-2H3,(H,27,31)/t16-/m0/s1. The van der Waals surface area contributed by atoms with Gasteiger partial charge in [0.1, 0.15) is 18.3 Å². The van der Waals surface area contributed by atoms with Gasteiger partial charge in [0.15, 0.2) is 23.1 Å². The van der Waals surface area contributed by atoms with Crippen molar-refractivity contribution in [3.8, 4) is 17.6 Å². The third-order valence-electron chi connectivity index (χ3n) is 4.78. The Kier molecular flexibility index (Phi) is 5.99. The number of nitrogens with zero attached hydrogens (tertiary/aromatic N) is 5. The molecule has 11 heteroatoms. The number of pyridine rings is 2. The molecule has 0 spiro atoms.